The van der Waals surface area contributed by atoms with Gasteiger partial charge in [-0.05, 0) is 12.5 Å². The zero-order valence-corrected chi connectivity index (χ0v) is 11.8. The molecule has 0 aliphatic rings. The first kappa shape index (κ1) is 14.2. The van der Waals surface area contributed by atoms with Crippen LogP contribution in [0.5, 0.6) is 0 Å². The molecule has 1 unspecified atom stereocenters. The maximum absolute atomic E-state index is 11.8. The first-order valence-corrected chi connectivity index (χ1v) is 6.67. The number of hydrogen-bond donors (Lipinski definition) is 1. The molecule has 94 valence electrons. The van der Waals surface area contributed by atoms with Crippen LogP contribution in [0.25, 0.3) is 0 Å². The van der Waals surface area contributed by atoms with E-state index in [1.165, 1.54) is 5.56 Å². The minimum Gasteiger partial charge on any atom is -0.383 e. The van der Waals surface area contributed by atoms with E-state index >= 15 is 0 Å². The Balaban J connectivity index is 2.46. The first-order valence-electron chi connectivity index (χ1n) is 5.55. The van der Waals surface area contributed by atoms with Crippen molar-refractivity contribution in [1.29, 1.82) is 0 Å². The smallest absolute Gasteiger partial charge is 0.224 e. The van der Waals surface area contributed by atoms with Gasteiger partial charge in [0.05, 0.1) is 19.1 Å². The van der Waals surface area contributed by atoms with E-state index in [4.69, 9.17) is 4.74 Å². The average molecular weight is 300 g/mol. The minimum absolute atomic E-state index is 0.0235. The maximum atomic E-state index is 11.8. The number of alkyl halides is 1. The number of rotatable bonds is 6. The number of methoxy groups -OCH3 is 1. The monoisotopic (exact) mass is 299 g/mol. The SMILES string of the molecule is COCC(CBr)NC(=O)Cc1ccc(C)cc1. The highest BCUT2D eigenvalue weighted by atomic mass is 79.9. The highest BCUT2D eigenvalue weighted by molar-refractivity contribution is 9.09. The van der Waals surface area contributed by atoms with Crippen molar-refractivity contribution in [2.24, 2.45) is 0 Å². The van der Waals surface area contributed by atoms with E-state index in [1.807, 2.05) is 31.2 Å². The standard InChI is InChI=1S/C13H18BrNO2/c1-10-3-5-11(6-4-10)7-13(16)15-12(8-14)9-17-2/h3-6,12H,7-9H2,1-2H3,(H,15,16). The fourth-order valence-electron chi connectivity index (χ4n) is 1.50. The quantitative estimate of drug-likeness (QED) is 0.817. The zero-order valence-electron chi connectivity index (χ0n) is 10.2. The number of benzene rings is 1. The van der Waals surface area contributed by atoms with Crippen LogP contribution >= 0.6 is 15.9 Å². The van der Waals surface area contributed by atoms with Crippen LogP contribution < -0.4 is 5.32 Å². The Morgan fingerprint density at radius 3 is 2.59 bits per heavy atom. The van der Waals surface area contributed by atoms with Gasteiger partial charge in [0.1, 0.15) is 0 Å². The molecule has 0 bridgehead atoms. The molecular formula is C13H18BrNO2. The van der Waals surface area contributed by atoms with E-state index in [0.717, 1.165) is 5.56 Å². The molecule has 1 rings (SSSR count). The van der Waals surface area contributed by atoms with Crippen LogP contribution in [-0.4, -0.2) is 31.0 Å². The van der Waals surface area contributed by atoms with Gasteiger partial charge in [0, 0.05) is 12.4 Å². The number of carbonyl (C=O) groups excluding carboxylic acids is 1. The third-order valence-electron chi connectivity index (χ3n) is 2.40. The van der Waals surface area contributed by atoms with Crippen LogP contribution in [0.3, 0.4) is 0 Å². The van der Waals surface area contributed by atoms with Crippen LogP contribution in [0.4, 0.5) is 0 Å². The molecule has 3 nitrogen and oxygen atoms in total. The van der Waals surface area contributed by atoms with Gasteiger partial charge in [-0.2, -0.15) is 0 Å². The molecule has 0 aromatic heterocycles. The normalized spacial score (nSPS) is 12.2. The molecule has 17 heavy (non-hydrogen) atoms. The van der Waals surface area contributed by atoms with Crippen LogP contribution in [0.2, 0.25) is 0 Å². The largest absolute Gasteiger partial charge is 0.383 e. The summed E-state index contributed by atoms with van der Waals surface area (Å²) in [4.78, 5) is 11.8. The Hall–Kier alpha value is -0.870. The fraction of sp³-hybridized carbons (Fsp3) is 0.462. The van der Waals surface area contributed by atoms with Gasteiger partial charge in [0.25, 0.3) is 0 Å². The summed E-state index contributed by atoms with van der Waals surface area (Å²) in [6, 6.07) is 8.01. The van der Waals surface area contributed by atoms with Gasteiger partial charge in [-0.15, -0.1) is 0 Å². The average Bonchev–Trinajstić information content (AvgIpc) is 2.31. The van der Waals surface area contributed by atoms with Crippen molar-refractivity contribution in [2.75, 3.05) is 19.0 Å². The number of carbonyl (C=O) groups is 1. The van der Waals surface area contributed by atoms with E-state index in [9.17, 15) is 4.79 Å². The minimum atomic E-state index is 0.0235. The van der Waals surface area contributed by atoms with Crippen molar-refractivity contribution < 1.29 is 9.53 Å². The van der Waals surface area contributed by atoms with Gasteiger partial charge in [0.2, 0.25) is 5.91 Å². The second-order valence-electron chi connectivity index (χ2n) is 4.04. The second-order valence-corrected chi connectivity index (χ2v) is 4.68. The third-order valence-corrected chi connectivity index (χ3v) is 3.19. The lowest BCUT2D eigenvalue weighted by molar-refractivity contribution is -0.121. The van der Waals surface area contributed by atoms with Gasteiger partial charge in [0.15, 0.2) is 0 Å². The van der Waals surface area contributed by atoms with Crippen LogP contribution in [0.15, 0.2) is 24.3 Å². The molecule has 0 aliphatic heterocycles. The van der Waals surface area contributed by atoms with Crippen molar-refractivity contribution in [3.05, 3.63) is 35.4 Å². The summed E-state index contributed by atoms with van der Waals surface area (Å²) < 4.78 is 5.02. The van der Waals surface area contributed by atoms with Crippen molar-refractivity contribution >= 4 is 21.8 Å². The lowest BCUT2D eigenvalue weighted by atomic mass is 10.1. The summed E-state index contributed by atoms with van der Waals surface area (Å²) in [5, 5.41) is 3.61. The van der Waals surface area contributed by atoms with Gasteiger partial charge >= 0.3 is 0 Å². The molecule has 1 aromatic carbocycles. The van der Waals surface area contributed by atoms with Gasteiger partial charge in [-0.3, -0.25) is 4.79 Å². The number of hydrogen-bond acceptors (Lipinski definition) is 2. The van der Waals surface area contributed by atoms with Crippen LogP contribution in [0, 0.1) is 6.92 Å². The van der Waals surface area contributed by atoms with Crippen molar-refractivity contribution in [1.82, 2.24) is 5.32 Å². The molecule has 0 aliphatic carbocycles. The molecule has 0 heterocycles. The third kappa shape index (κ3) is 5.33. The molecule has 1 atom stereocenters. The topological polar surface area (TPSA) is 38.3 Å². The Morgan fingerprint density at radius 2 is 2.06 bits per heavy atom. The molecule has 0 fully saturated rings. The first-order chi connectivity index (χ1) is 8.15. The summed E-state index contributed by atoms with van der Waals surface area (Å²) in [5.41, 5.74) is 2.23. The van der Waals surface area contributed by atoms with Crippen LogP contribution in [0.1, 0.15) is 11.1 Å². The van der Waals surface area contributed by atoms with Gasteiger partial charge in [-0.25, -0.2) is 0 Å². The van der Waals surface area contributed by atoms with Crippen molar-refractivity contribution in [3.63, 3.8) is 0 Å². The Kier molecular flexibility index (Phi) is 6.22. The Morgan fingerprint density at radius 1 is 1.41 bits per heavy atom. The summed E-state index contributed by atoms with van der Waals surface area (Å²) in [7, 11) is 1.63. The number of aryl methyl sites for hydroxylation is 1. The van der Waals surface area contributed by atoms with Crippen molar-refractivity contribution in [3.8, 4) is 0 Å². The lowest BCUT2D eigenvalue weighted by Crippen LogP contribution is -2.40. The highest BCUT2D eigenvalue weighted by Crippen LogP contribution is 2.04. The molecule has 1 N–H and O–H groups in total. The summed E-state index contributed by atoms with van der Waals surface area (Å²) >= 11 is 3.35. The maximum Gasteiger partial charge on any atom is 0.224 e. The van der Waals surface area contributed by atoms with E-state index in [1.54, 1.807) is 7.11 Å². The summed E-state index contributed by atoms with van der Waals surface area (Å²) in [6.45, 7) is 2.55. The lowest BCUT2D eigenvalue weighted by Gasteiger charge is -2.15. The fourth-order valence-corrected chi connectivity index (χ4v) is 1.84. The molecule has 1 amide bonds. The zero-order chi connectivity index (χ0) is 12.7. The van der Waals surface area contributed by atoms with Crippen molar-refractivity contribution in [2.45, 2.75) is 19.4 Å². The van der Waals surface area contributed by atoms with E-state index in [2.05, 4.69) is 21.2 Å². The highest BCUT2D eigenvalue weighted by Gasteiger charge is 2.10. The molecule has 0 saturated heterocycles. The molecular weight excluding hydrogens is 282 g/mol. The molecule has 0 radical (unpaired) electrons. The van der Waals surface area contributed by atoms with Gasteiger partial charge in [-0.1, -0.05) is 45.8 Å². The number of nitrogens with one attached hydrogen (secondary N) is 1. The molecule has 0 spiro atoms. The predicted molar refractivity (Wildman–Crippen MR) is 72.5 cm³/mol. The molecule has 1 aromatic rings. The molecule has 4 heteroatoms. The summed E-state index contributed by atoms with van der Waals surface area (Å²) in [5.74, 6) is 0.0235. The number of ether oxygens (including phenoxy) is 1. The van der Waals surface area contributed by atoms with Crippen LogP contribution in [-0.2, 0) is 16.0 Å². The van der Waals surface area contributed by atoms with E-state index in [0.29, 0.717) is 18.4 Å². The second kappa shape index (κ2) is 7.45. The molecule has 0 saturated carbocycles. The number of halogens is 1. The Bertz CT molecular complexity index is 351. The van der Waals surface area contributed by atoms with E-state index in [-0.39, 0.29) is 11.9 Å². The number of amides is 1. The van der Waals surface area contributed by atoms with E-state index < -0.39 is 0 Å². The summed E-state index contributed by atoms with van der Waals surface area (Å²) in [6.07, 6.45) is 0.410. The van der Waals surface area contributed by atoms with Gasteiger partial charge < -0.3 is 10.1 Å². The Labute approximate surface area is 111 Å². The predicted octanol–water partition coefficient (Wildman–Crippen LogP) is 2.06.